The smallest absolute Gasteiger partial charge is 0.279 e. The molecule has 0 saturated heterocycles. The van der Waals surface area contributed by atoms with E-state index in [-0.39, 0.29) is 23.4 Å². The monoisotopic (exact) mass is 401 g/mol. The molecule has 2 amide bonds. The zero-order valence-corrected chi connectivity index (χ0v) is 16.0. The minimum absolute atomic E-state index is 0.0943. The molecule has 2 aromatic rings. The topological polar surface area (TPSA) is 63.5 Å². The highest BCUT2D eigenvalue weighted by Gasteiger charge is 2.20. The summed E-state index contributed by atoms with van der Waals surface area (Å²) in [6, 6.07) is 1.79. The molecule has 0 radical (unpaired) electrons. The van der Waals surface area contributed by atoms with Crippen LogP contribution in [0.15, 0.2) is 28.7 Å². The lowest BCUT2D eigenvalue weighted by molar-refractivity contribution is -0.117. The van der Waals surface area contributed by atoms with Gasteiger partial charge in [0.05, 0.1) is 6.00 Å². The van der Waals surface area contributed by atoms with Gasteiger partial charge in [-0.3, -0.25) is 9.59 Å². The van der Waals surface area contributed by atoms with E-state index >= 15 is 0 Å². The summed E-state index contributed by atoms with van der Waals surface area (Å²) >= 11 is 6.88. The van der Waals surface area contributed by atoms with Crippen molar-refractivity contribution in [1.82, 2.24) is 4.57 Å². The number of amides is 2. The van der Waals surface area contributed by atoms with Crippen molar-refractivity contribution in [1.29, 1.82) is 0 Å². The molecule has 0 spiro atoms. The standard InChI is InChI=1S/C17H18ClF2N3O2S/c1-17(2,3)8-13(24)21-14-11(19)6-10(7-12(14)20)15(25)22-16-23(9-18)4-5-26-16/h4-7H,8-9H2,1-3H3,(H,21,24). The van der Waals surface area contributed by atoms with Crippen molar-refractivity contribution in [2.75, 3.05) is 5.32 Å². The summed E-state index contributed by atoms with van der Waals surface area (Å²) in [4.78, 5) is 28.2. The third-order valence-electron chi connectivity index (χ3n) is 3.23. The fraction of sp³-hybridized carbons (Fsp3) is 0.353. The first-order chi connectivity index (χ1) is 12.1. The zero-order valence-electron chi connectivity index (χ0n) is 14.5. The normalized spacial score (nSPS) is 12.3. The van der Waals surface area contributed by atoms with Gasteiger partial charge < -0.3 is 9.88 Å². The van der Waals surface area contributed by atoms with E-state index in [0.717, 1.165) is 12.1 Å². The van der Waals surface area contributed by atoms with Crippen LogP contribution in [0.4, 0.5) is 14.5 Å². The Morgan fingerprint density at radius 2 is 1.88 bits per heavy atom. The summed E-state index contributed by atoms with van der Waals surface area (Å²) in [6.07, 6.45) is 1.73. The van der Waals surface area contributed by atoms with Gasteiger partial charge in [-0.2, -0.15) is 4.99 Å². The maximum Gasteiger partial charge on any atom is 0.279 e. The molecule has 0 saturated carbocycles. The molecule has 5 nitrogen and oxygen atoms in total. The number of halogens is 3. The van der Waals surface area contributed by atoms with Gasteiger partial charge in [-0.1, -0.05) is 20.8 Å². The van der Waals surface area contributed by atoms with Gasteiger partial charge >= 0.3 is 0 Å². The molecule has 0 aliphatic carbocycles. The Labute approximate surface area is 158 Å². The molecule has 0 atom stereocenters. The van der Waals surface area contributed by atoms with Crippen LogP contribution in [0.1, 0.15) is 37.6 Å². The zero-order chi connectivity index (χ0) is 19.5. The predicted molar refractivity (Wildman–Crippen MR) is 97.1 cm³/mol. The number of carbonyl (C=O) groups is 2. The van der Waals surface area contributed by atoms with Crippen LogP contribution in [0.3, 0.4) is 0 Å². The van der Waals surface area contributed by atoms with Crippen LogP contribution in [-0.2, 0) is 10.8 Å². The van der Waals surface area contributed by atoms with Gasteiger partial charge in [0.15, 0.2) is 16.4 Å². The lowest BCUT2D eigenvalue weighted by atomic mass is 9.92. The molecule has 0 fully saturated rings. The summed E-state index contributed by atoms with van der Waals surface area (Å²) in [5, 5.41) is 3.90. The van der Waals surface area contributed by atoms with E-state index in [9.17, 15) is 18.4 Å². The molecule has 9 heteroatoms. The van der Waals surface area contributed by atoms with Gasteiger partial charge in [-0.15, -0.1) is 22.9 Å². The molecule has 1 N–H and O–H groups in total. The Kier molecular flexibility index (Phi) is 6.30. The molecular weight excluding hydrogens is 384 g/mol. The SMILES string of the molecule is CC(C)(C)CC(=O)Nc1c(F)cc(C(=O)N=c2sccn2CCl)cc1F. The maximum absolute atomic E-state index is 14.2. The molecule has 1 aromatic heterocycles. The van der Waals surface area contributed by atoms with Crippen LogP contribution >= 0.6 is 22.9 Å². The Morgan fingerprint density at radius 3 is 2.42 bits per heavy atom. The fourth-order valence-corrected chi connectivity index (χ4v) is 3.10. The number of nitrogens with one attached hydrogen (secondary N) is 1. The minimum atomic E-state index is -1.04. The molecular formula is C17H18ClF2N3O2S. The van der Waals surface area contributed by atoms with Crippen LogP contribution in [0.25, 0.3) is 0 Å². The molecule has 0 aliphatic rings. The van der Waals surface area contributed by atoms with Crippen molar-refractivity contribution in [2.24, 2.45) is 10.4 Å². The maximum atomic E-state index is 14.2. The first-order valence-electron chi connectivity index (χ1n) is 7.68. The van der Waals surface area contributed by atoms with Gasteiger partial charge in [0.1, 0.15) is 5.69 Å². The summed E-state index contributed by atoms with van der Waals surface area (Å²) in [7, 11) is 0. The van der Waals surface area contributed by atoms with Crippen LogP contribution in [0.5, 0.6) is 0 Å². The summed E-state index contributed by atoms with van der Waals surface area (Å²) < 4.78 is 29.9. The van der Waals surface area contributed by atoms with Crippen LogP contribution in [0.2, 0.25) is 0 Å². The van der Waals surface area contributed by atoms with Crippen molar-refractivity contribution < 1.29 is 18.4 Å². The Bertz CT molecular complexity index is 877. The lowest BCUT2D eigenvalue weighted by Crippen LogP contribution is -2.21. The Hall–Kier alpha value is -2.06. The molecule has 0 bridgehead atoms. The number of anilines is 1. The number of hydrogen-bond acceptors (Lipinski definition) is 3. The highest BCUT2D eigenvalue weighted by molar-refractivity contribution is 7.07. The van der Waals surface area contributed by atoms with E-state index < -0.39 is 29.1 Å². The van der Waals surface area contributed by atoms with Gasteiger partial charge in [0.25, 0.3) is 5.91 Å². The third-order valence-corrected chi connectivity index (χ3v) is 4.28. The van der Waals surface area contributed by atoms with Crippen LogP contribution < -0.4 is 10.1 Å². The van der Waals surface area contributed by atoms with E-state index in [4.69, 9.17) is 11.6 Å². The lowest BCUT2D eigenvalue weighted by Gasteiger charge is -2.17. The molecule has 1 heterocycles. The Balaban J connectivity index is 2.28. The fourth-order valence-electron chi connectivity index (χ4n) is 2.11. The first kappa shape index (κ1) is 20.3. The number of hydrogen-bond donors (Lipinski definition) is 1. The van der Waals surface area contributed by atoms with Gasteiger partial charge in [-0.05, 0) is 17.5 Å². The van der Waals surface area contributed by atoms with Crippen molar-refractivity contribution >= 4 is 40.4 Å². The number of rotatable bonds is 4. The summed E-state index contributed by atoms with van der Waals surface area (Å²) in [6.45, 7) is 5.50. The largest absolute Gasteiger partial charge is 0.321 e. The molecule has 1 aromatic carbocycles. The number of nitrogens with zero attached hydrogens (tertiary/aromatic N) is 2. The molecule has 2 rings (SSSR count). The van der Waals surface area contributed by atoms with Crippen LogP contribution in [0, 0.1) is 17.0 Å². The number of thiazole rings is 1. The molecule has 0 unspecified atom stereocenters. The highest BCUT2D eigenvalue weighted by Crippen LogP contribution is 2.24. The van der Waals surface area contributed by atoms with E-state index in [1.165, 1.54) is 15.9 Å². The van der Waals surface area contributed by atoms with Gasteiger partial charge in [0.2, 0.25) is 5.91 Å². The van der Waals surface area contributed by atoms with E-state index in [1.807, 2.05) is 20.8 Å². The van der Waals surface area contributed by atoms with Crippen molar-refractivity contribution in [2.45, 2.75) is 33.2 Å². The third kappa shape index (κ3) is 5.22. The second kappa shape index (κ2) is 8.09. The second-order valence-corrected chi connectivity index (χ2v) is 7.90. The van der Waals surface area contributed by atoms with Crippen molar-refractivity contribution in [3.05, 3.63) is 45.7 Å². The van der Waals surface area contributed by atoms with Gasteiger partial charge in [-0.25, -0.2) is 8.78 Å². The number of benzene rings is 1. The average molecular weight is 402 g/mol. The quantitative estimate of drug-likeness (QED) is 0.782. The van der Waals surface area contributed by atoms with Crippen LogP contribution in [-0.4, -0.2) is 16.4 Å². The highest BCUT2D eigenvalue weighted by atomic mass is 35.5. The summed E-state index contributed by atoms with van der Waals surface area (Å²) in [5.74, 6) is -3.40. The van der Waals surface area contributed by atoms with E-state index in [2.05, 4.69) is 10.3 Å². The molecule has 0 aliphatic heterocycles. The first-order valence-corrected chi connectivity index (χ1v) is 9.10. The number of aromatic nitrogens is 1. The van der Waals surface area contributed by atoms with Crippen molar-refractivity contribution in [3.63, 3.8) is 0 Å². The van der Waals surface area contributed by atoms with E-state index in [1.54, 1.807) is 11.6 Å². The van der Waals surface area contributed by atoms with E-state index in [0.29, 0.717) is 4.80 Å². The number of carbonyl (C=O) groups excluding carboxylic acids is 2. The number of alkyl halides is 1. The Morgan fingerprint density at radius 1 is 1.27 bits per heavy atom. The summed E-state index contributed by atoms with van der Waals surface area (Å²) in [5.41, 5.74) is -1.17. The van der Waals surface area contributed by atoms with Gasteiger partial charge in [0, 0.05) is 23.6 Å². The average Bonchev–Trinajstić information content (AvgIpc) is 2.96. The van der Waals surface area contributed by atoms with Crippen molar-refractivity contribution in [3.8, 4) is 0 Å². The molecule has 140 valence electrons. The minimum Gasteiger partial charge on any atom is -0.321 e. The predicted octanol–water partition coefficient (Wildman–Crippen LogP) is 4.14. The second-order valence-electron chi connectivity index (χ2n) is 6.79. The molecule has 26 heavy (non-hydrogen) atoms.